The van der Waals surface area contributed by atoms with Gasteiger partial charge in [0.15, 0.2) is 0 Å². The highest BCUT2D eigenvalue weighted by molar-refractivity contribution is 4.84. The van der Waals surface area contributed by atoms with Crippen molar-refractivity contribution in [2.24, 2.45) is 17.8 Å². The zero-order valence-corrected chi connectivity index (χ0v) is 9.30. The van der Waals surface area contributed by atoms with Crippen LogP contribution in [0.5, 0.6) is 0 Å². The molecule has 0 saturated carbocycles. The van der Waals surface area contributed by atoms with E-state index in [-0.39, 0.29) is 0 Å². The Hall–Kier alpha value is -0.260. The Morgan fingerprint density at radius 3 is 2.00 bits per heavy atom. The fraction of sp³-hybridized carbons (Fsp3) is 0.833. The highest BCUT2D eigenvalue weighted by atomic mass is 14.1. The maximum Gasteiger partial charge on any atom is -0.0290 e. The van der Waals surface area contributed by atoms with Crippen LogP contribution in [-0.4, -0.2) is 0 Å². The van der Waals surface area contributed by atoms with Crippen LogP contribution in [0.1, 0.15) is 47.5 Å². The number of rotatable bonds is 5. The molecule has 0 saturated heterocycles. The van der Waals surface area contributed by atoms with Crippen molar-refractivity contribution in [1.29, 1.82) is 0 Å². The molecule has 1 atom stereocenters. The van der Waals surface area contributed by atoms with Crippen molar-refractivity contribution in [3.05, 3.63) is 12.2 Å². The summed E-state index contributed by atoms with van der Waals surface area (Å²) in [5, 5.41) is 0. The first-order valence-electron chi connectivity index (χ1n) is 5.20. The summed E-state index contributed by atoms with van der Waals surface area (Å²) < 4.78 is 0. The topological polar surface area (TPSA) is 0 Å². The summed E-state index contributed by atoms with van der Waals surface area (Å²) in [6.45, 7) is 11.4. The van der Waals surface area contributed by atoms with Gasteiger partial charge in [-0.1, -0.05) is 46.8 Å². The average molecular weight is 168 g/mol. The van der Waals surface area contributed by atoms with Crippen LogP contribution in [0.25, 0.3) is 0 Å². The molecular weight excluding hydrogens is 144 g/mol. The van der Waals surface area contributed by atoms with Gasteiger partial charge < -0.3 is 0 Å². The minimum absolute atomic E-state index is 0.708. The third kappa shape index (κ3) is 6.45. The molecule has 0 heterocycles. The van der Waals surface area contributed by atoms with Crippen molar-refractivity contribution < 1.29 is 0 Å². The van der Waals surface area contributed by atoms with Crippen LogP contribution in [0.2, 0.25) is 0 Å². The highest BCUT2D eigenvalue weighted by Crippen LogP contribution is 2.16. The van der Waals surface area contributed by atoms with Gasteiger partial charge in [0, 0.05) is 0 Å². The maximum atomic E-state index is 2.34. The van der Waals surface area contributed by atoms with Gasteiger partial charge in [-0.25, -0.2) is 0 Å². The zero-order chi connectivity index (χ0) is 9.56. The third-order valence-corrected chi connectivity index (χ3v) is 2.45. The summed E-state index contributed by atoms with van der Waals surface area (Å²) in [5.74, 6) is 2.40. The van der Waals surface area contributed by atoms with Crippen molar-refractivity contribution in [1.82, 2.24) is 0 Å². The first-order valence-corrected chi connectivity index (χ1v) is 5.20. The van der Waals surface area contributed by atoms with E-state index in [1.807, 2.05) is 0 Å². The third-order valence-electron chi connectivity index (χ3n) is 2.45. The Kier molecular flexibility index (Phi) is 6.14. The summed E-state index contributed by atoms with van der Waals surface area (Å²) in [4.78, 5) is 0. The average Bonchev–Trinajstić information content (AvgIpc) is 1.97. The van der Waals surface area contributed by atoms with E-state index < -0.39 is 0 Å². The molecule has 0 radical (unpaired) electrons. The molecule has 0 bridgehead atoms. The van der Waals surface area contributed by atoms with Crippen LogP contribution in [-0.2, 0) is 0 Å². The van der Waals surface area contributed by atoms with Crippen molar-refractivity contribution >= 4 is 0 Å². The molecule has 0 aliphatic heterocycles. The second-order valence-electron chi connectivity index (χ2n) is 4.47. The molecular formula is C12H24. The molecule has 72 valence electrons. The van der Waals surface area contributed by atoms with Crippen molar-refractivity contribution in [2.45, 2.75) is 47.5 Å². The van der Waals surface area contributed by atoms with E-state index in [2.05, 4.69) is 46.8 Å². The lowest BCUT2D eigenvalue weighted by molar-refractivity contribution is 0.395. The molecule has 12 heavy (non-hydrogen) atoms. The molecule has 0 spiro atoms. The molecule has 0 N–H and O–H groups in total. The summed E-state index contributed by atoms with van der Waals surface area (Å²) in [5.41, 5.74) is 0. The summed E-state index contributed by atoms with van der Waals surface area (Å²) in [6.07, 6.45) is 7.20. The molecule has 0 unspecified atom stereocenters. The second-order valence-corrected chi connectivity index (χ2v) is 4.47. The van der Waals surface area contributed by atoms with Crippen molar-refractivity contribution in [3.8, 4) is 0 Å². The van der Waals surface area contributed by atoms with Crippen LogP contribution < -0.4 is 0 Å². The summed E-state index contributed by atoms with van der Waals surface area (Å²) in [6, 6.07) is 0. The Bertz CT molecular complexity index is 120. The lowest BCUT2D eigenvalue weighted by Gasteiger charge is -2.13. The molecule has 0 nitrogen and oxygen atoms in total. The first-order chi connectivity index (χ1) is 5.54. The molecule has 0 aromatic heterocycles. The molecule has 0 aromatic rings. The van der Waals surface area contributed by atoms with Gasteiger partial charge in [-0.3, -0.25) is 0 Å². The monoisotopic (exact) mass is 168 g/mol. The quantitative estimate of drug-likeness (QED) is 0.538. The molecule has 0 fully saturated rings. The van der Waals surface area contributed by atoms with E-state index >= 15 is 0 Å². The largest absolute Gasteiger partial charge is 0.0883 e. The van der Waals surface area contributed by atoms with Gasteiger partial charge in [0.1, 0.15) is 0 Å². The second kappa shape index (κ2) is 6.28. The predicted octanol–water partition coefficient (Wildman–Crippen LogP) is 4.27. The lowest BCUT2D eigenvalue weighted by Crippen LogP contribution is -2.02. The van der Waals surface area contributed by atoms with Crippen LogP contribution >= 0.6 is 0 Å². The number of allylic oxidation sites excluding steroid dienone is 2. The lowest BCUT2D eigenvalue weighted by atomic mass is 9.93. The van der Waals surface area contributed by atoms with Crippen molar-refractivity contribution in [3.63, 3.8) is 0 Å². The summed E-state index contributed by atoms with van der Waals surface area (Å²) >= 11 is 0. The van der Waals surface area contributed by atoms with Gasteiger partial charge >= 0.3 is 0 Å². The van der Waals surface area contributed by atoms with Crippen LogP contribution in [0.4, 0.5) is 0 Å². The normalized spacial score (nSPS) is 14.9. The van der Waals surface area contributed by atoms with Crippen LogP contribution in [0.3, 0.4) is 0 Å². The van der Waals surface area contributed by atoms with E-state index in [0.717, 1.165) is 11.8 Å². The van der Waals surface area contributed by atoms with E-state index in [1.54, 1.807) is 0 Å². The Morgan fingerprint density at radius 1 is 1.00 bits per heavy atom. The Labute approximate surface area is 78.1 Å². The SMILES string of the molecule is CC(C)/C=C\CC[C@@H](C)C(C)C. The minimum atomic E-state index is 0.708. The molecule has 0 amide bonds. The van der Waals surface area contributed by atoms with Gasteiger partial charge in [-0.05, 0) is 30.6 Å². The van der Waals surface area contributed by atoms with Crippen molar-refractivity contribution in [2.75, 3.05) is 0 Å². The standard InChI is InChI=1S/C12H24/c1-10(2)8-6-7-9-12(5)11(3)4/h6,8,10-12H,7,9H2,1-5H3/b8-6-/t12-/m1/s1. The first kappa shape index (κ1) is 11.7. The number of hydrogen-bond donors (Lipinski definition) is 0. The molecule has 0 aliphatic carbocycles. The van der Waals surface area contributed by atoms with E-state index in [4.69, 9.17) is 0 Å². The molecule has 0 rings (SSSR count). The fourth-order valence-electron chi connectivity index (χ4n) is 1.06. The molecule has 0 heteroatoms. The van der Waals surface area contributed by atoms with E-state index in [0.29, 0.717) is 5.92 Å². The van der Waals surface area contributed by atoms with Gasteiger partial charge in [-0.2, -0.15) is 0 Å². The highest BCUT2D eigenvalue weighted by Gasteiger charge is 2.04. The van der Waals surface area contributed by atoms with Crippen LogP contribution in [0, 0.1) is 17.8 Å². The molecule has 0 aliphatic rings. The maximum absolute atomic E-state index is 2.34. The summed E-state index contributed by atoms with van der Waals surface area (Å²) in [7, 11) is 0. The fourth-order valence-corrected chi connectivity index (χ4v) is 1.06. The van der Waals surface area contributed by atoms with Crippen LogP contribution in [0.15, 0.2) is 12.2 Å². The van der Waals surface area contributed by atoms with E-state index in [1.165, 1.54) is 12.8 Å². The van der Waals surface area contributed by atoms with Gasteiger partial charge in [0.2, 0.25) is 0 Å². The molecule has 0 aromatic carbocycles. The van der Waals surface area contributed by atoms with E-state index in [9.17, 15) is 0 Å². The number of hydrogen-bond acceptors (Lipinski definition) is 0. The Balaban J connectivity index is 3.43. The smallest absolute Gasteiger partial charge is 0.0290 e. The van der Waals surface area contributed by atoms with Gasteiger partial charge in [0.25, 0.3) is 0 Å². The van der Waals surface area contributed by atoms with Gasteiger partial charge in [-0.15, -0.1) is 0 Å². The zero-order valence-electron chi connectivity index (χ0n) is 9.30. The predicted molar refractivity (Wildman–Crippen MR) is 57.2 cm³/mol. The van der Waals surface area contributed by atoms with Gasteiger partial charge in [0.05, 0.1) is 0 Å². The Morgan fingerprint density at radius 2 is 1.58 bits per heavy atom. The minimum Gasteiger partial charge on any atom is -0.0883 e.